The van der Waals surface area contributed by atoms with Crippen molar-refractivity contribution in [2.45, 2.75) is 46.5 Å². The van der Waals surface area contributed by atoms with Crippen molar-refractivity contribution in [3.63, 3.8) is 0 Å². The van der Waals surface area contributed by atoms with Crippen LogP contribution in [0.1, 0.15) is 46.5 Å². The second kappa shape index (κ2) is 9.80. The molecule has 0 aromatic heterocycles. The lowest BCUT2D eigenvalue weighted by Gasteiger charge is -2.41. The summed E-state index contributed by atoms with van der Waals surface area (Å²) < 4.78 is 5.47. The van der Waals surface area contributed by atoms with Crippen molar-refractivity contribution in [1.82, 2.24) is 4.90 Å². The number of hydrogen-bond donors (Lipinski definition) is 1. The summed E-state index contributed by atoms with van der Waals surface area (Å²) in [6, 6.07) is 0. The van der Waals surface area contributed by atoms with Crippen LogP contribution < -0.4 is 5.73 Å². The summed E-state index contributed by atoms with van der Waals surface area (Å²) in [5, 5.41) is 0. The van der Waals surface area contributed by atoms with Gasteiger partial charge in [0.2, 0.25) is 0 Å². The first kappa shape index (κ1) is 19.0. The minimum absolute atomic E-state index is 0. The van der Waals surface area contributed by atoms with Gasteiger partial charge in [-0.05, 0) is 45.4 Å². The van der Waals surface area contributed by atoms with E-state index in [0.29, 0.717) is 11.4 Å². The van der Waals surface area contributed by atoms with Crippen molar-refractivity contribution in [2.75, 3.05) is 32.8 Å². The molecular weight excluding hydrogens is 353 g/mol. The van der Waals surface area contributed by atoms with E-state index in [9.17, 15) is 0 Å². The first-order valence-corrected chi connectivity index (χ1v) is 7.30. The Morgan fingerprint density at radius 2 is 1.89 bits per heavy atom. The zero-order valence-electron chi connectivity index (χ0n) is 12.7. The molecule has 1 saturated carbocycles. The molecule has 5 heteroatoms. The van der Waals surface area contributed by atoms with Gasteiger partial charge in [-0.15, -0.1) is 24.0 Å². The van der Waals surface area contributed by atoms with Crippen LogP contribution in [0.3, 0.4) is 0 Å². The standard InChI is InChI=1S/C14H29N3O.HI/c1-4-17(5-2)13(15)16-12-14(8-7-9-14)10-11-18-6-3;/h4-12H2,1-3H3,(H2,15,16);1H. The summed E-state index contributed by atoms with van der Waals surface area (Å²) in [5.74, 6) is 0.697. The summed E-state index contributed by atoms with van der Waals surface area (Å²) >= 11 is 0. The smallest absolute Gasteiger partial charge is 0.191 e. The molecule has 1 aliphatic rings. The molecule has 0 atom stereocenters. The Morgan fingerprint density at radius 1 is 1.26 bits per heavy atom. The molecular formula is C14H30IN3O. The molecule has 0 aliphatic heterocycles. The average Bonchev–Trinajstić information content (AvgIpc) is 2.33. The molecule has 0 amide bonds. The first-order valence-electron chi connectivity index (χ1n) is 7.30. The van der Waals surface area contributed by atoms with Crippen LogP contribution in [0.15, 0.2) is 4.99 Å². The molecule has 0 unspecified atom stereocenters. The fraction of sp³-hybridized carbons (Fsp3) is 0.929. The highest BCUT2D eigenvalue weighted by Crippen LogP contribution is 2.44. The maximum absolute atomic E-state index is 6.02. The minimum atomic E-state index is 0. The number of nitrogens with two attached hydrogens (primary N) is 1. The summed E-state index contributed by atoms with van der Waals surface area (Å²) in [5.41, 5.74) is 6.39. The minimum Gasteiger partial charge on any atom is -0.382 e. The molecule has 0 aromatic rings. The number of aliphatic imine (C=N–C) groups is 1. The summed E-state index contributed by atoms with van der Waals surface area (Å²) in [7, 11) is 0. The molecule has 19 heavy (non-hydrogen) atoms. The molecule has 2 N–H and O–H groups in total. The van der Waals surface area contributed by atoms with Gasteiger partial charge in [-0.2, -0.15) is 0 Å². The van der Waals surface area contributed by atoms with E-state index in [1.165, 1.54) is 19.3 Å². The fourth-order valence-electron chi connectivity index (χ4n) is 2.49. The maximum Gasteiger partial charge on any atom is 0.191 e. The van der Waals surface area contributed by atoms with E-state index in [4.69, 9.17) is 10.5 Å². The van der Waals surface area contributed by atoms with E-state index in [-0.39, 0.29) is 24.0 Å². The van der Waals surface area contributed by atoms with Gasteiger partial charge in [-0.25, -0.2) is 0 Å². The molecule has 114 valence electrons. The third-order valence-electron chi connectivity index (χ3n) is 4.06. The van der Waals surface area contributed by atoms with Crippen LogP contribution in [-0.2, 0) is 4.74 Å². The quantitative estimate of drug-likeness (QED) is 0.304. The molecule has 0 aromatic carbocycles. The SMILES string of the molecule is CCOCCC1(CN=C(N)N(CC)CC)CCC1.I. The first-order chi connectivity index (χ1) is 8.67. The lowest BCUT2D eigenvalue weighted by atomic mass is 9.67. The van der Waals surface area contributed by atoms with Crippen molar-refractivity contribution in [3.05, 3.63) is 0 Å². The van der Waals surface area contributed by atoms with E-state index in [1.54, 1.807) is 0 Å². The number of nitrogens with zero attached hydrogens (tertiary/aromatic N) is 2. The maximum atomic E-state index is 6.02. The fourth-order valence-corrected chi connectivity index (χ4v) is 2.49. The Kier molecular flexibility index (Phi) is 9.78. The van der Waals surface area contributed by atoms with Crippen LogP contribution >= 0.6 is 24.0 Å². The predicted octanol–water partition coefficient (Wildman–Crippen LogP) is 2.86. The molecule has 0 bridgehead atoms. The number of rotatable bonds is 8. The topological polar surface area (TPSA) is 50.9 Å². The molecule has 1 fully saturated rings. The van der Waals surface area contributed by atoms with Gasteiger partial charge in [0.25, 0.3) is 0 Å². The van der Waals surface area contributed by atoms with Crippen molar-refractivity contribution < 1.29 is 4.74 Å². The molecule has 1 rings (SSSR count). The average molecular weight is 383 g/mol. The molecule has 0 spiro atoms. The highest BCUT2D eigenvalue weighted by molar-refractivity contribution is 14.0. The molecule has 0 radical (unpaired) electrons. The second-order valence-corrected chi connectivity index (χ2v) is 5.15. The van der Waals surface area contributed by atoms with Crippen molar-refractivity contribution in [1.29, 1.82) is 0 Å². The lowest BCUT2D eigenvalue weighted by Crippen LogP contribution is -2.40. The largest absolute Gasteiger partial charge is 0.382 e. The van der Waals surface area contributed by atoms with E-state index >= 15 is 0 Å². The Morgan fingerprint density at radius 3 is 2.32 bits per heavy atom. The summed E-state index contributed by atoms with van der Waals surface area (Å²) in [6.45, 7) is 10.7. The molecule has 0 heterocycles. The molecule has 1 aliphatic carbocycles. The monoisotopic (exact) mass is 383 g/mol. The van der Waals surface area contributed by atoms with Gasteiger partial charge in [-0.1, -0.05) is 6.42 Å². The summed E-state index contributed by atoms with van der Waals surface area (Å²) in [6.07, 6.45) is 4.99. The number of guanidine groups is 1. The van der Waals surface area contributed by atoms with Gasteiger partial charge < -0.3 is 15.4 Å². The Labute approximate surface area is 135 Å². The zero-order chi connectivity index (χ0) is 13.4. The zero-order valence-corrected chi connectivity index (χ0v) is 15.0. The van der Waals surface area contributed by atoms with E-state index in [1.807, 2.05) is 6.92 Å². The van der Waals surface area contributed by atoms with Gasteiger partial charge in [0.15, 0.2) is 5.96 Å². The highest BCUT2D eigenvalue weighted by Gasteiger charge is 2.36. The Bertz CT molecular complexity index is 263. The highest BCUT2D eigenvalue weighted by atomic mass is 127. The normalized spacial score (nSPS) is 17.5. The van der Waals surface area contributed by atoms with E-state index < -0.39 is 0 Å². The van der Waals surface area contributed by atoms with E-state index in [2.05, 4.69) is 23.7 Å². The lowest BCUT2D eigenvalue weighted by molar-refractivity contribution is 0.0608. The second-order valence-electron chi connectivity index (χ2n) is 5.15. The Hall–Kier alpha value is -0.0400. The van der Waals surface area contributed by atoms with Crippen molar-refractivity contribution >= 4 is 29.9 Å². The van der Waals surface area contributed by atoms with Gasteiger partial charge in [0, 0.05) is 32.8 Å². The van der Waals surface area contributed by atoms with Crippen LogP contribution in [0.4, 0.5) is 0 Å². The van der Waals surface area contributed by atoms with Gasteiger partial charge in [0.05, 0.1) is 0 Å². The third-order valence-corrected chi connectivity index (χ3v) is 4.06. The number of ether oxygens (including phenoxy) is 1. The number of halogens is 1. The van der Waals surface area contributed by atoms with E-state index in [0.717, 1.165) is 39.3 Å². The van der Waals surface area contributed by atoms with Crippen LogP contribution in [0, 0.1) is 5.41 Å². The van der Waals surface area contributed by atoms with Crippen molar-refractivity contribution in [2.24, 2.45) is 16.1 Å². The van der Waals surface area contributed by atoms with Crippen LogP contribution in [-0.4, -0.2) is 43.7 Å². The number of hydrogen-bond acceptors (Lipinski definition) is 2. The van der Waals surface area contributed by atoms with Crippen molar-refractivity contribution in [3.8, 4) is 0 Å². The van der Waals surface area contributed by atoms with Crippen LogP contribution in [0.5, 0.6) is 0 Å². The van der Waals surface area contributed by atoms with Gasteiger partial charge in [0.1, 0.15) is 0 Å². The van der Waals surface area contributed by atoms with Crippen LogP contribution in [0.25, 0.3) is 0 Å². The van der Waals surface area contributed by atoms with Gasteiger partial charge in [-0.3, -0.25) is 4.99 Å². The molecule has 0 saturated heterocycles. The third kappa shape index (κ3) is 5.85. The summed E-state index contributed by atoms with van der Waals surface area (Å²) in [4.78, 5) is 6.71. The van der Waals surface area contributed by atoms with Crippen LogP contribution in [0.2, 0.25) is 0 Å². The molecule has 4 nitrogen and oxygen atoms in total. The predicted molar refractivity (Wildman–Crippen MR) is 92.2 cm³/mol. The van der Waals surface area contributed by atoms with Gasteiger partial charge >= 0.3 is 0 Å². The Balaban J connectivity index is 0.00000324.